The standard InChI is InChI=1S/C18H21N3/c1-14-4-6-20-11-17(14)21-12-18(13-21)8-16(9-18)7-15-3-2-5-19-10-15/h2-6,10-11,16H,7-9,12-13H2,1H3. The molecular formula is C18H21N3. The number of rotatable bonds is 3. The molecule has 3 heteroatoms. The third kappa shape index (κ3) is 2.31. The summed E-state index contributed by atoms with van der Waals surface area (Å²) in [5.41, 5.74) is 4.64. The Labute approximate surface area is 126 Å². The van der Waals surface area contributed by atoms with Gasteiger partial charge in [-0.05, 0) is 55.4 Å². The third-order valence-corrected chi connectivity index (χ3v) is 5.10. The largest absolute Gasteiger partial charge is 0.369 e. The van der Waals surface area contributed by atoms with Gasteiger partial charge in [0, 0.05) is 37.1 Å². The number of aryl methyl sites for hydroxylation is 1. The van der Waals surface area contributed by atoms with Gasteiger partial charge in [-0.15, -0.1) is 0 Å². The normalized spacial score (nSPS) is 20.1. The van der Waals surface area contributed by atoms with Crippen LogP contribution in [0.25, 0.3) is 0 Å². The minimum Gasteiger partial charge on any atom is -0.369 e. The van der Waals surface area contributed by atoms with E-state index in [0.29, 0.717) is 5.41 Å². The van der Waals surface area contributed by atoms with E-state index in [9.17, 15) is 0 Å². The Hall–Kier alpha value is -1.90. The summed E-state index contributed by atoms with van der Waals surface area (Å²) in [6.45, 7) is 4.60. The maximum Gasteiger partial charge on any atom is 0.0582 e. The van der Waals surface area contributed by atoms with Crippen molar-refractivity contribution in [3.05, 3.63) is 54.1 Å². The van der Waals surface area contributed by atoms with E-state index in [-0.39, 0.29) is 0 Å². The zero-order chi connectivity index (χ0) is 14.3. The van der Waals surface area contributed by atoms with Gasteiger partial charge in [0.2, 0.25) is 0 Å². The quantitative estimate of drug-likeness (QED) is 0.863. The van der Waals surface area contributed by atoms with Crippen molar-refractivity contribution in [1.29, 1.82) is 0 Å². The average Bonchev–Trinajstić information content (AvgIpc) is 2.42. The van der Waals surface area contributed by atoms with Gasteiger partial charge in [0.25, 0.3) is 0 Å². The van der Waals surface area contributed by atoms with Crippen molar-refractivity contribution < 1.29 is 0 Å². The van der Waals surface area contributed by atoms with Gasteiger partial charge in [0.05, 0.1) is 11.9 Å². The van der Waals surface area contributed by atoms with E-state index in [2.05, 4.69) is 33.9 Å². The molecule has 21 heavy (non-hydrogen) atoms. The molecule has 2 aromatic rings. The fourth-order valence-electron chi connectivity index (χ4n) is 4.14. The first-order chi connectivity index (χ1) is 10.2. The molecule has 3 nitrogen and oxygen atoms in total. The van der Waals surface area contributed by atoms with E-state index < -0.39 is 0 Å². The Morgan fingerprint density at radius 3 is 2.67 bits per heavy atom. The lowest BCUT2D eigenvalue weighted by atomic mass is 9.56. The van der Waals surface area contributed by atoms with Crippen molar-refractivity contribution in [3.63, 3.8) is 0 Å². The lowest BCUT2D eigenvalue weighted by molar-refractivity contribution is 0.0239. The van der Waals surface area contributed by atoms with E-state index in [1.54, 1.807) is 0 Å². The highest BCUT2D eigenvalue weighted by atomic mass is 15.2. The summed E-state index contributed by atoms with van der Waals surface area (Å²) < 4.78 is 0. The first-order valence-corrected chi connectivity index (χ1v) is 7.79. The first kappa shape index (κ1) is 12.8. The van der Waals surface area contributed by atoms with Crippen molar-refractivity contribution >= 4 is 5.69 Å². The molecule has 0 radical (unpaired) electrons. The summed E-state index contributed by atoms with van der Waals surface area (Å²) in [4.78, 5) is 11.0. The smallest absolute Gasteiger partial charge is 0.0582 e. The molecule has 1 saturated carbocycles. The molecule has 1 spiro atoms. The molecule has 2 fully saturated rings. The minimum absolute atomic E-state index is 0.592. The molecule has 2 aliphatic rings. The fraction of sp³-hybridized carbons (Fsp3) is 0.444. The monoisotopic (exact) mass is 279 g/mol. The minimum atomic E-state index is 0.592. The van der Waals surface area contributed by atoms with Crippen LogP contribution in [0.2, 0.25) is 0 Å². The SMILES string of the molecule is Cc1ccncc1N1CC2(CC(Cc3cccnc3)C2)C1. The lowest BCUT2D eigenvalue weighted by Gasteiger charge is -2.60. The predicted molar refractivity (Wildman–Crippen MR) is 84.3 cm³/mol. The Morgan fingerprint density at radius 1 is 1.14 bits per heavy atom. The van der Waals surface area contributed by atoms with Crippen LogP contribution in [-0.4, -0.2) is 23.1 Å². The summed E-state index contributed by atoms with van der Waals surface area (Å²) in [6, 6.07) is 6.34. The molecule has 0 atom stereocenters. The van der Waals surface area contributed by atoms with Crippen LogP contribution in [0, 0.1) is 18.3 Å². The summed E-state index contributed by atoms with van der Waals surface area (Å²) in [6.07, 6.45) is 11.7. The van der Waals surface area contributed by atoms with Crippen LogP contribution in [0.3, 0.4) is 0 Å². The summed E-state index contributed by atoms with van der Waals surface area (Å²) in [5.74, 6) is 0.853. The molecule has 2 aromatic heterocycles. The average molecular weight is 279 g/mol. The molecule has 0 amide bonds. The molecule has 0 N–H and O–H groups in total. The first-order valence-electron chi connectivity index (χ1n) is 7.79. The van der Waals surface area contributed by atoms with Crippen molar-refractivity contribution in [2.75, 3.05) is 18.0 Å². The van der Waals surface area contributed by atoms with Gasteiger partial charge in [0.15, 0.2) is 0 Å². The van der Waals surface area contributed by atoms with E-state index in [1.807, 2.05) is 30.9 Å². The van der Waals surface area contributed by atoms with Crippen LogP contribution in [0.5, 0.6) is 0 Å². The van der Waals surface area contributed by atoms with Gasteiger partial charge in [-0.25, -0.2) is 0 Å². The van der Waals surface area contributed by atoms with Crippen molar-refractivity contribution in [2.45, 2.75) is 26.2 Å². The molecule has 4 rings (SSSR count). The molecule has 1 aliphatic heterocycles. The summed E-state index contributed by atoms with van der Waals surface area (Å²) in [5, 5.41) is 0. The van der Waals surface area contributed by atoms with E-state index in [4.69, 9.17) is 0 Å². The highest BCUT2D eigenvalue weighted by Gasteiger charge is 2.52. The van der Waals surface area contributed by atoms with Crippen LogP contribution in [0.15, 0.2) is 43.0 Å². The molecule has 1 saturated heterocycles. The number of hydrogen-bond donors (Lipinski definition) is 0. The van der Waals surface area contributed by atoms with Crippen LogP contribution in [-0.2, 0) is 6.42 Å². The Kier molecular flexibility index (Phi) is 2.95. The van der Waals surface area contributed by atoms with Gasteiger partial charge < -0.3 is 4.90 Å². The highest BCUT2D eigenvalue weighted by molar-refractivity contribution is 5.54. The number of anilines is 1. The zero-order valence-corrected chi connectivity index (χ0v) is 12.5. The van der Waals surface area contributed by atoms with Gasteiger partial charge in [-0.1, -0.05) is 6.07 Å². The summed E-state index contributed by atoms with van der Waals surface area (Å²) in [7, 11) is 0. The topological polar surface area (TPSA) is 29.0 Å². The number of pyridine rings is 2. The van der Waals surface area contributed by atoms with Crippen molar-refractivity contribution in [2.24, 2.45) is 11.3 Å². The number of nitrogens with zero attached hydrogens (tertiary/aromatic N) is 3. The number of aromatic nitrogens is 2. The maximum atomic E-state index is 4.26. The van der Waals surface area contributed by atoms with Crippen LogP contribution in [0.1, 0.15) is 24.0 Å². The highest BCUT2D eigenvalue weighted by Crippen LogP contribution is 2.53. The van der Waals surface area contributed by atoms with Gasteiger partial charge in [-0.2, -0.15) is 0 Å². The lowest BCUT2D eigenvalue weighted by Crippen LogP contribution is -2.62. The summed E-state index contributed by atoms with van der Waals surface area (Å²) >= 11 is 0. The molecule has 1 aliphatic carbocycles. The Morgan fingerprint density at radius 2 is 1.95 bits per heavy atom. The second kappa shape index (κ2) is 4.83. The second-order valence-electron chi connectivity index (χ2n) is 6.86. The van der Waals surface area contributed by atoms with Gasteiger partial charge in [0.1, 0.15) is 0 Å². The van der Waals surface area contributed by atoms with Crippen molar-refractivity contribution in [3.8, 4) is 0 Å². The molecule has 0 bridgehead atoms. The zero-order valence-electron chi connectivity index (χ0n) is 12.5. The van der Waals surface area contributed by atoms with E-state index >= 15 is 0 Å². The van der Waals surface area contributed by atoms with Gasteiger partial charge >= 0.3 is 0 Å². The molecule has 108 valence electrons. The van der Waals surface area contributed by atoms with E-state index in [1.165, 1.54) is 49.2 Å². The molecule has 3 heterocycles. The Balaban J connectivity index is 1.32. The van der Waals surface area contributed by atoms with Crippen LogP contribution < -0.4 is 4.90 Å². The maximum absolute atomic E-state index is 4.26. The predicted octanol–water partition coefficient (Wildman–Crippen LogP) is 3.24. The third-order valence-electron chi connectivity index (χ3n) is 5.10. The molecule has 0 aromatic carbocycles. The van der Waals surface area contributed by atoms with Crippen LogP contribution >= 0.6 is 0 Å². The Bertz CT molecular complexity index is 624. The second-order valence-corrected chi connectivity index (χ2v) is 6.86. The molecular weight excluding hydrogens is 258 g/mol. The van der Waals surface area contributed by atoms with Crippen molar-refractivity contribution in [1.82, 2.24) is 9.97 Å². The number of hydrogen-bond acceptors (Lipinski definition) is 3. The van der Waals surface area contributed by atoms with Gasteiger partial charge in [-0.3, -0.25) is 9.97 Å². The fourth-order valence-corrected chi connectivity index (χ4v) is 4.14. The van der Waals surface area contributed by atoms with Crippen LogP contribution in [0.4, 0.5) is 5.69 Å². The van der Waals surface area contributed by atoms with E-state index in [0.717, 1.165) is 5.92 Å². The molecule has 0 unspecified atom stereocenters.